The van der Waals surface area contributed by atoms with Gasteiger partial charge < -0.3 is 20.9 Å². The Kier molecular flexibility index (Phi) is 2.84. The zero-order chi connectivity index (χ0) is 17.0. The number of hydrogen-bond donors (Lipinski definition) is 3. The van der Waals surface area contributed by atoms with E-state index in [1.54, 1.807) is 18.2 Å². The lowest BCUT2D eigenvalue weighted by Crippen LogP contribution is -2.34. The van der Waals surface area contributed by atoms with Crippen molar-refractivity contribution in [1.29, 1.82) is 0 Å². The highest BCUT2D eigenvalue weighted by Gasteiger charge is 2.44. The van der Waals surface area contributed by atoms with Crippen LogP contribution in [0.15, 0.2) is 48.3 Å². The second kappa shape index (κ2) is 4.97. The Bertz CT molecular complexity index is 979. The summed E-state index contributed by atoms with van der Waals surface area (Å²) in [6, 6.07) is 11.3. The van der Waals surface area contributed by atoms with E-state index in [0.717, 1.165) is 28.2 Å². The zero-order valence-electron chi connectivity index (χ0n) is 13.7. The lowest BCUT2D eigenvalue weighted by atomic mass is 9.73. The smallest absolute Gasteiger partial charge is 0.132 e. The van der Waals surface area contributed by atoms with Crippen LogP contribution in [0.4, 0.5) is 0 Å². The topological polar surface area (TPSA) is 67.5 Å². The summed E-state index contributed by atoms with van der Waals surface area (Å²) in [5.41, 5.74) is 8.53. The van der Waals surface area contributed by atoms with Gasteiger partial charge in [-0.05, 0) is 55.3 Å². The van der Waals surface area contributed by atoms with E-state index in [4.69, 9.17) is 10.5 Å². The molecule has 0 bridgehead atoms. The van der Waals surface area contributed by atoms with Crippen molar-refractivity contribution in [2.45, 2.75) is 18.3 Å². The average Bonchev–Trinajstić information content (AvgIpc) is 3.36. The molecule has 4 nitrogen and oxygen atoms in total. The Balaban J connectivity index is 1.70. The molecule has 2 heterocycles. The molecule has 0 aromatic heterocycles. The summed E-state index contributed by atoms with van der Waals surface area (Å²) >= 11 is 0. The van der Waals surface area contributed by atoms with Crippen LogP contribution in [-0.2, 0) is 5.41 Å². The molecule has 4 heteroatoms. The maximum atomic E-state index is 10.0. The SMILES string of the molecule is NC1=C[C@@]2(CN1)c1cc(O)ccc1Oc1ccc(C#CC3CC3)cc12. The van der Waals surface area contributed by atoms with Crippen LogP contribution >= 0.6 is 0 Å². The molecule has 25 heavy (non-hydrogen) atoms. The number of phenols is 1. The first kappa shape index (κ1) is 14.3. The highest BCUT2D eigenvalue weighted by molar-refractivity contribution is 5.64. The fourth-order valence-corrected chi connectivity index (χ4v) is 3.63. The minimum atomic E-state index is -0.455. The van der Waals surface area contributed by atoms with Crippen LogP contribution in [0.5, 0.6) is 17.2 Å². The maximum Gasteiger partial charge on any atom is 0.132 e. The molecule has 1 fully saturated rings. The van der Waals surface area contributed by atoms with Gasteiger partial charge in [0.1, 0.15) is 17.2 Å². The number of nitrogens with one attached hydrogen (secondary N) is 1. The average molecular weight is 330 g/mol. The van der Waals surface area contributed by atoms with Crippen LogP contribution in [0.1, 0.15) is 29.5 Å². The van der Waals surface area contributed by atoms with Crippen molar-refractivity contribution in [3.05, 3.63) is 65.0 Å². The van der Waals surface area contributed by atoms with E-state index in [9.17, 15) is 5.11 Å². The van der Waals surface area contributed by atoms with Crippen LogP contribution in [-0.4, -0.2) is 11.7 Å². The third kappa shape index (κ3) is 2.24. The quantitative estimate of drug-likeness (QED) is 0.650. The molecule has 5 rings (SSSR count). The van der Waals surface area contributed by atoms with E-state index in [0.29, 0.717) is 18.3 Å². The van der Waals surface area contributed by atoms with E-state index in [2.05, 4.69) is 23.2 Å². The van der Waals surface area contributed by atoms with Gasteiger partial charge >= 0.3 is 0 Å². The molecule has 3 aliphatic rings. The van der Waals surface area contributed by atoms with Gasteiger partial charge in [0.15, 0.2) is 0 Å². The Morgan fingerprint density at radius 1 is 1.12 bits per heavy atom. The first-order valence-corrected chi connectivity index (χ1v) is 8.54. The molecule has 2 aliphatic heterocycles. The molecule has 0 amide bonds. The van der Waals surface area contributed by atoms with Crippen LogP contribution in [0.3, 0.4) is 0 Å². The number of rotatable bonds is 0. The fraction of sp³-hybridized carbons (Fsp3) is 0.238. The minimum Gasteiger partial charge on any atom is -0.508 e. The number of aromatic hydroxyl groups is 1. The van der Waals surface area contributed by atoms with Gasteiger partial charge in [-0.15, -0.1) is 0 Å². The van der Waals surface area contributed by atoms with Gasteiger partial charge in [-0.25, -0.2) is 0 Å². The number of nitrogens with two attached hydrogens (primary N) is 1. The van der Waals surface area contributed by atoms with Crippen LogP contribution < -0.4 is 15.8 Å². The van der Waals surface area contributed by atoms with Crippen molar-refractivity contribution in [3.63, 3.8) is 0 Å². The standard InChI is InChI=1S/C21H18N2O2/c22-20-11-21(12-23-20)16-9-14(4-3-13-1-2-13)5-7-18(16)25-19-8-6-15(24)10-17(19)21/h5-11,13,23-24H,1-2,12,22H2/t21-/m0/s1. The van der Waals surface area contributed by atoms with Crippen LogP contribution in [0, 0.1) is 17.8 Å². The van der Waals surface area contributed by atoms with Crippen molar-refractivity contribution in [3.8, 4) is 29.1 Å². The molecule has 1 atom stereocenters. The van der Waals surface area contributed by atoms with E-state index in [-0.39, 0.29) is 5.75 Å². The van der Waals surface area contributed by atoms with Gasteiger partial charge in [0.2, 0.25) is 0 Å². The van der Waals surface area contributed by atoms with Crippen LogP contribution in [0.2, 0.25) is 0 Å². The van der Waals surface area contributed by atoms with Gasteiger partial charge in [-0.1, -0.05) is 11.8 Å². The number of benzene rings is 2. The number of ether oxygens (including phenoxy) is 1. The number of phenolic OH excluding ortho intramolecular Hbond substituents is 1. The number of hydrogen-bond acceptors (Lipinski definition) is 4. The summed E-state index contributed by atoms with van der Waals surface area (Å²) in [5.74, 6) is 9.56. The molecule has 0 saturated heterocycles. The summed E-state index contributed by atoms with van der Waals surface area (Å²) in [7, 11) is 0. The van der Waals surface area contributed by atoms with Crippen molar-refractivity contribution in [1.82, 2.24) is 5.32 Å². The fourth-order valence-electron chi connectivity index (χ4n) is 3.63. The summed E-state index contributed by atoms with van der Waals surface area (Å²) in [6.45, 7) is 0.630. The third-order valence-electron chi connectivity index (χ3n) is 5.10. The second-order valence-electron chi connectivity index (χ2n) is 6.96. The summed E-state index contributed by atoms with van der Waals surface area (Å²) in [4.78, 5) is 0. The molecule has 1 saturated carbocycles. The molecule has 2 aromatic carbocycles. The molecule has 1 aliphatic carbocycles. The zero-order valence-corrected chi connectivity index (χ0v) is 13.7. The molecule has 4 N–H and O–H groups in total. The van der Waals surface area contributed by atoms with Crippen molar-refractivity contribution in [2.24, 2.45) is 11.7 Å². The number of fused-ring (bicyclic) bond motifs is 4. The third-order valence-corrected chi connectivity index (χ3v) is 5.10. The van der Waals surface area contributed by atoms with Gasteiger partial charge in [0.25, 0.3) is 0 Å². The second-order valence-corrected chi connectivity index (χ2v) is 6.96. The largest absolute Gasteiger partial charge is 0.508 e. The Hall–Kier alpha value is -3.06. The highest BCUT2D eigenvalue weighted by atomic mass is 16.5. The monoisotopic (exact) mass is 330 g/mol. The first-order valence-electron chi connectivity index (χ1n) is 8.54. The van der Waals surface area contributed by atoms with Crippen LogP contribution in [0.25, 0.3) is 0 Å². The Morgan fingerprint density at radius 3 is 2.60 bits per heavy atom. The summed E-state index contributed by atoms with van der Waals surface area (Å²) < 4.78 is 6.09. The predicted molar refractivity (Wildman–Crippen MR) is 95.3 cm³/mol. The predicted octanol–water partition coefficient (Wildman–Crippen LogP) is 2.95. The van der Waals surface area contributed by atoms with Crippen molar-refractivity contribution < 1.29 is 9.84 Å². The van der Waals surface area contributed by atoms with Gasteiger partial charge in [0, 0.05) is 29.2 Å². The molecular weight excluding hydrogens is 312 g/mol. The van der Waals surface area contributed by atoms with Crippen molar-refractivity contribution >= 4 is 0 Å². The molecule has 0 radical (unpaired) electrons. The Labute approximate surface area is 146 Å². The molecular formula is C21H18N2O2. The molecule has 0 unspecified atom stereocenters. The van der Waals surface area contributed by atoms with E-state index >= 15 is 0 Å². The maximum absolute atomic E-state index is 10.0. The molecule has 1 spiro atoms. The summed E-state index contributed by atoms with van der Waals surface area (Å²) in [6.07, 6.45) is 4.44. The van der Waals surface area contributed by atoms with Gasteiger partial charge in [0.05, 0.1) is 11.2 Å². The normalized spacial score (nSPS) is 22.8. The first-order chi connectivity index (χ1) is 12.1. The minimum absolute atomic E-state index is 0.216. The van der Waals surface area contributed by atoms with E-state index in [1.807, 2.05) is 18.2 Å². The molecule has 2 aromatic rings. The van der Waals surface area contributed by atoms with Gasteiger partial charge in [-0.2, -0.15) is 0 Å². The molecule has 124 valence electrons. The van der Waals surface area contributed by atoms with Crippen molar-refractivity contribution in [2.75, 3.05) is 6.54 Å². The summed E-state index contributed by atoms with van der Waals surface area (Å²) in [5, 5.41) is 13.2. The lowest BCUT2D eigenvalue weighted by molar-refractivity contribution is 0.417. The highest BCUT2D eigenvalue weighted by Crippen LogP contribution is 2.51. The lowest BCUT2D eigenvalue weighted by Gasteiger charge is -2.35. The van der Waals surface area contributed by atoms with E-state index < -0.39 is 5.41 Å². The van der Waals surface area contributed by atoms with E-state index in [1.165, 1.54) is 12.8 Å². The van der Waals surface area contributed by atoms with Gasteiger partial charge in [-0.3, -0.25) is 0 Å². The Morgan fingerprint density at radius 2 is 1.88 bits per heavy atom.